The fourth-order valence-electron chi connectivity index (χ4n) is 4.25. The van der Waals surface area contributed by atoms with Crippen molar-refractivity contribution in [1.29, 1.82) is 0 Å². The number of aromatic nitrogens is 3. The van der Waals surface area contributed by atoms with Crippen LogP contribution >= 0.6 is 23.4 Å². The molecule has 1 aliphatic heterocycles. The molecule has 0 amide bonds. The van der Waals surface area contributed by atoms with E-state index in [0.29, 0.717) is 34.9 Å². The smallest absolute Gasteiger partial charge is 0.227 e. The third-order valence-electron chi connectivity index (χ3n) is 5.62. The molecule has 0 saturated heterocycles. The highest BCUT2D eigenvalue weighted by Gasteiger charge is 2.38. The molecule has 0 fully saturated rings. The molecule has 0 bridgehead atoms. The Labute approximate surface area is 196 Å². The molecule has 2 aromatic carbocycles. The third kappa shape index (κ3) is 4.02. The van der Waals surface area contributed by atoms with Gasteiger partial charge in [-0.2, -0.15) is 4.98 Å². The van der Waals surface area contributed by atoms with Crippen LogP contribution in [0.1, 0.15) is 43.4 Å². The number of hydrogen-bond acceptors (Lipinski definition) is 6. The number of thioether (sulfide) groups is 1. The van der Waals surface area contributed by atoms with Gasteiger partial charge in [-0.25, -0.2) is 4.68 Å². The molecule has 3 aromatic rings. The number of benzene rings is 2. The fourth-order valence-corrected chi connectivity index (χ4v) is 5.24. The molecule has 1 aromatic heterocycles. The number of carbonyl (C=O) groups excluding carboxylic acids is 1. The number of nitrogens with zero attached hydrogens (tertiary/aromatic N) is 3. The normalized spacial score (nSPS) is 17.6. The lowest BCUT2D eigenvalue weighted by molar-refractivity contribution is -0.116. The van der Waals surface area contributed by atoms with E-state index in [1.807, 2.05) is 60.1 Å². The number of rotatable bonds is 6. The molecule has 0 saturated carbocycles. The number of ketones is 1. The van der Waals surface area contributed by atoms with Crippen LogP contribution < -0.4 is 10.1 Å². The Kier molecular flexibility index (Phi) is 5.93. The maximum absolute atomic E-state index is 13.0. The average Bonchev–Trinajstić information content (AvgIpc) is 3.20. The zero-order valence-electron chi connectivity index (χ0n) is 17.7. The first-order valence-electron chi connectivity index (χ1n) is 10.7. The minimum absolute atomic E-state index is 0.157. The van der Waals surface area contributed by atoms with Gasteiger partial charge in [0.2, 0.25) is 11.1 Å². The van der Waals surface area contributed by atoms with Crippen molar-refractivity contribution in [2.24, 2.45) is 0 Å². The van der Waals surface area contributed by atoms with Crippen LogP contribution in [-0.4, -0.2) is 27.2 Å². The number of carbonyl (C=O) groups is 1. The Morgan fingerprint density at radius 3 is 2.94 bits per heavy atom. The number of para-hydroxylation sites is 1. The molecular formula is C24H23ClN4O2S. The van der Waals surface area contributed by atoms with Gasteiger partial charge in [0.15, 0.2) is 5.78 Å². The van der Waals surface area contributed by atoms with Crippen molar-refractivity contribution < 1.29 is 9.53 Å². The highest BCUT2D eigenvalue weighted by atomic mass is 35.5. The molecule has 8 heteroatoms. The SMILES string of the molecule is CCOc1ccccc1C1C2=C(CCCC2=O)Nc2nc(SCc3cccc(Cl)c3)nn21. The predicted molar refractivity (Wildman–Crippen MR) is 126 cm³/mol. The second kappa shape index (κ2) is 9.00. The van der Waals surface area contributed by atoms with Crippen molar-refractivity contribution >= 4 is 35.1 Å². The van der Waals surface area contributed by atoms with Gasteiger partial charge in [0, 0.05) is 34.0 Å². The average molecular weight is 467 g/mol. The fraction of sp³-hybridized carbons (Fsp3) is 0.292. The molecule has 1 N–H and O–H groups in total. The Morgan fingerprint density at radius 1 is 1.22 bits per heavy atom. The Bertz CT molecular complexity index is 1210. The lowest BCUT2D eigenvalue weighted by Gasteiger charge is -2.32. The van der Waals surface area contributed by atoms with E-state index in [1.165, 1.54) is 0 Å². The summed E-state index contributed by atoms with van der Waals surface area (Å²) < 4.78 is 7.74. The summed E-state index contributed by atoms with van der Waals surface area (Å²) in [7, 11) is 0. The molecule has 1 atom stereocenters. The molecule has 0 spiro atoms. The van der Waals surface area contributed by atoms with E-state index in [-0.39, 0.29) is 11.8 Å². The van der Waals surface area contributed by atoms with Crippen LogP contribution in [0.5, 0.6) is 5.75 Å². The first-order chi connectivity index (χ1) is 15.6. The number of hydrogen-bond donors (Lipinski definition) is 1. The van der Waals surface area contributed by atoms with E-state index in [0.717, 1.165) is 41.0 Å². The van der Waals surface area contributed by atoms with E-state index in [1.54, 1.807) is 11.8 Å². The topological polar surface area (TPSA) is 69.0 Å². The summed E-state index contributed by atoms with van der Waals surface area (Å²) in [6.07, 6.45) is 2.22. The summed E-state index contributed by atoms with van der Waals surface area (Å²) in [4.78, 5) is 17.8. The van der Waals surface area contributed by atoms with E-state index in [4.69, 9.17) is 26.4 Å². The molecule has 2 heterocycles. The molecule has 1 unspecified atom stereocenters. The lowest BCUT2D eigenvalue weighted by atomic mass is 9.85. The summed E-state index contributed by atoms with van der Waals surface area (Å²) in [5.74, 6) is 2.28. The van der Waals surface area contributed by atoms with E-state index < -0.39 is 0 Å². The number of allylic oxidation sites excluding steroid dienone is 2. The van der Waals surface area contributed by atoms with Gasteiger partial charge >= 0.3 is 0 Å². The van der Waals surface area contributed by atoms with Crippen LogP contribution in [0.15, 0.2) is 65.0 Å². The lowest BCUT2D eigenvalue weighted by Crippen LogP contribution is -2.31. The second-order valence-electron chi connectivity index (χ2n) is 7.75. The largest absolute Gasteiger partial charge is 0.494 e. The molecule has 1 aliphatic carbocycles. The zero-order chi connectivity index (χ0) is 22.1. The van der Waals surface area contributed by atoms with Gasteiger partial charge in [-0.3, -0.25) is 4.79 Å². The van der Waals surface area contributed by atoms with Gasteiger partial charge in [-0.05, 0) is 43.5 Å². The maximum Gasteiger partial charge on any atom is 0.227 e. The monoisotopic (exact) mass is 466 g/mol. The molecule has 32 heavy (non-hydrogen) atoms. The van der Waals surface area contributed by atoms with Gasteiger partial charge < -0.3 is 10.1 Å². The number of fused-ring (bicyclic) bond motifs is 1. The summed E-state index contributed by atoms with van der Waals surface area (Å²) in [5.41, 5.74) is 3.75. The number of ether oxygens (including phenoxy) is 1. The summed E-state index contributed by atoms with van der Waals surface area (Å²) in [6.45, 7) is 2.51. The second-order valence-corrected chi connectivity index (χ2v) is 9.13. The highest BCUT2D eigenvalue weighted by Crippen LogP contribution is 2.43. The number of halogens is 1. The Balaban J connectivity index is 1.53. The Morgan fingerprint density at radius 2 is 2.09 bits per heavy atom. The maximum atomic E-state index is 13.0. The van der Waals surface area contributed by atoms with Crippen LogP contribution in [0.2, 0.25) is 5.02 Å². The molecule has 6 nitrogen and oxygen atoms in total. The first kappa shape index (κ1) is 21.1. The standard InChI is InChI=1S/C24H23ClN4O2S/c1-2-31-20-12-4-3-9-17(20)22-21-18(10-6-11-19(21)30)26-23-27-24(28-29(22)23)32-14-15-7-5-8-16(25)13-15/h3-5,7-9,12-13,22H,2,6,10-11,14H2,1H3,(H,26,27,28). The summed E-state index contributed by atoms with van der Waals surface area (Å²) >= 11 is 7.66. The van der Waals surface area contributed by atoms with E-state index >= 15 is 0 Å². The number of nitrogens with one attached hydrogen (secondary N) is 1. The van der Waals surface area contributed by atoms with E-state index in [9.17, 15) is 4.79 Å². The van der Waals surface area contributed by atoms with Crippen molar-refractivity contribution in [3.8, 4) is 5.75 Å². The van der Waals surface area contributed by atoms with Crippen LogP contribution in [0.25, 0.3) is 0 Å². The number of Topliss-reactive ketones (excluding diaryl/α,β-unsaturated/α-hetero) is 1. The van der Waals surface area contributed by atoms with Crippen molar-refractivity contribution in [2.75, 3.05) is 11.9 Å². The van der Waals surface area contributed by atoms with Gasteiger partial charge in [0.1, 0.15) is 11.8 Å². The number of anilines is 1. The van der Waals surface area contributed by atoms with Gasteiger partial charge in [-0.1, -0.05) is 53.7 Å². The highest BCUT2D eigenvalue weighted by molar-refractivity contribution is 7.98. The third-order valence-corrected chi connectivity index (χ3v) is 6.76. The predicted octanol–water partition coefficient (Wildman–Crippen LogP) is 5.64. The van der Waals surface area contributed by atoms with Crippen LogP contribution in [0, 0.1) is 0 Å². The van der Waals surface area contributed by atoms with E-state index in [2.05, 4.69) is 5.32 Å². The Hall–Kier alpha value is -2.77. The van der Waals surface area contributed by atoms with Crippen LogP contribution in [-0.2, 0) is 10.5 Å². The van der Waals surface area contributed by atoms with Crippen molar-refractivity contribution in [1.82, 2.24) is 14.8 Å². The van der Waals surface area contributed by atoms with Crippen LogP contribution in [0.4, 0.5) is 5.95 Å². The first-order valence-corrected chi connectivity index (χ1v) is 12.1. The van der Waals surface area contributed by atoms with Crippen molar-refractivity contribution in [2.45, 2.75) is 43.1 Å². The minimum Gasteiger partial charge on any atom is -0.494 e. The minimum atomic E-state index is -0.357. The van der Waals surface area contributed by atoms with Crippen LogP contribution in [0.3, 0.4) is 0 Å². The molecule has 5 rings (SSSR count). The summed E-state index contributed by atoms with van der Waals surface area (Å²) in [5, 5.41) is 9.55. The van der Waals surface area contributed by atoms with Gasteiger partial charge in [0.25, 0.3) is 0 Å². The molecule has 0 radical (unpaired) electrons. The molecule has 2 aliphatic rings. The van der Waals surface area contributed by atoms with Gasteiger partial charge in [-0.15, -0.1) is 5.10 Å². The summed E-state index contributed by atoms with van der Waals surface area (Å²) in [6, 6.07) is 15.3. The molecular weight excluding hydrogens is 444 g/mol. The zero-order valence-corrected chi connectivity index (χ0v) is 19.2. The quantitative estimate of drug-likeness (QED) is 0.474. The van der Waals surface area contributed by atoms with Crippen molar-refractivity contribution in [3.05, 3.63) is 76.0 Å². The van der Waals surface area contributed by atoms with Crippen molar-refractivity contribution in [3.63, 3.8) is 0 Å². The van der Waals surface area contributed by atoms with Gasteiger partial charge in [0.05, 0.1) is 6.61 Å². The molecule has 164 valence electrons.